The maximum Gasteiger partial charge on any atom is 0.256 e. The highest BCUT2D eigenvalue weighted by Gasteiger charge is 2.41. The number of fused-ring (bicyclic) bond motifs is 2. The maximum absolute atomic E-state index is 13.4. The van der Waals surface area contributed by atoms with Crippen LogP contribution in [0.5, 0.6) is 0 Å². The first-order chi connectivity index (χ1) is 15.1. The highest BCUT2D eigenvalue weighted by atomic mass is 16.2. The van der Waals surface area contributed by atoms with E-state index >= 15 is 0 Å². The number of benzene rings is 2. The topological polar surface area (TPSA) is 69.7 Å². The number of para-hydroxylation sites is 1. The second-order valence-electron chi connectivity index (χ2n) is 8.75. The molecule has 1 saturated carbocycles. The summed E-state index contributed by atoms with van der Waals surface area (Å²) in [6.07, 6.45) is 5.94. The lowest BCUT2D eigenvalue weighted by atomic mass is 10.1. The van der Waals surface area contributed by atoms with Gasteiger partial charge in [0.1, 0.15) is 6.04 Å². The molecule has 2 aromatic carbocycles. The van der Waals surface area contributed by atoms with Gasteiger partial charge in [-0.1, -0.05) is 37.1 Å². The van der Waals surface area contributed by atoms with Gasteiger partial charge in [-0.2, -0.15) is 0 Å². The average molecular weight is 418 g/mol. The Labute approximate surface area is 182 Å². The molecular weight excluding hydrogens is 390 g/mol. The fraction of sp³-hybridized carbons (Fsp3) is 0.400. The summed E-state index contributed by atoms with van der Waals surface area (Å²) >= 11 is 0. The molecule has 5 rings (SSSR count). The fourth-order valence-corrected chi connectivity index (χ4v) is 5.11. The van der Waals surface area contributed by atoms with Crippen LogP contribution in [0, 0.1) is 0 Å². The van der Waals surface area contributed by atoms with Crippen molar-refractivity contribution in [2.75, 3.05) is 11.4 Å². The molecule has 6 nitrogen and oxygen atoms in total. The minimum atomic E-state index is -0.409. The standard InChI is InChI=1S/C25H27N3O3/c29-23(26-19-9-1-2-10-19)18-8-5-7-17(15-18)16-28-21-12-4-3-11-20(21)24(30)27-14-6-13-22(27)25(28)31/h3-5,7-8,11-12,15,19,22H,1-2,6,9-10,13-14,16H2,(H,26,29). The van der Waals surface area contributed by atoms with Crippen molar-refractivity contribution < 1.29 is 14.4 Å². The van der Waals surface area contributed by atoms with Crippen molar-refractivity contribution in [3.05, 3.63) is 65.2 Å². The number of anilines is 1. The lowest BCUT2D eigenvalue weighted by molar-refractivity contribution is -0.122. The molecule has 0 bridgehead atoms. The largest absolute Gasteiger partial charge is 0.349 e. The molecule has 1 saturated heterocycles. The zero-order chi connectivity index (χ0) is 21.4. The summed E-state index contributed by atoms with van der Waals surface area (Å²) in [6.45, 7) is 0.951. The molecule has 1 unspecified atom stereocenters. The van der Waals surface area contributed by atoms with E-state index in [1.165, 1.54) is 12.8 Å². The first-order valence-electron chi connectivity index (χ1n) is 11.2. The van der Waals surface area contributed by atoms with Gasteiger partial charge in [0.05, 0.1) is 17.8 Å². The van der Waals surface area contributed by atoms with Crippen LogP contribution >= 0.6 is 0 Å². The normalized spacial score (nSPS) is 21.1. The summed E-state index contributed by atoms with van der Waals surface area (Å²) in [5, 5.41) is 3.13. The summed E-state index contributed by atoms with van der Waals surface area (Å²) in [6, 6.07) is 14.6. The van der Waals surface area contributed by atoms with Crippen LogP contribution in [-0.2, 0) is 11.3 Å². The predicted octanol–water partition coefficient (Wildman–Crippen LogP) is 3.51. The summed E-state index contributed by atoms with van der Waals surface area (Å²) in [5.74, 6) is -0.177. The molecule has 2 heterocycles. The van der Waals surface area contributed by atoms with Gasteiger partial charge < -0.3 is 15.1 Å². The van der Waals surface area contributed by atoms with E-state index < -0.39 is 6.04 Å². The lowest BCUT2D eigenvalue weighted by Crippen LogP contribution is -2.44. The monoisotopic (exact) mass is 417 g/mol. The Morgan fingerprint density at radius 3 is 2.61 bits per heavy atom. The number of rotatable bonds is 4. The van der Waals surface area contributed by atoms with Crippen LogP contribution in [0.1, 0.15) is 64.8 Å². The molecule has 6 heteroatoms. The molecule has 0 spiro atoms. The second kappa shape index (κ2) is 8.17. The Hall–Kier alpha value is -3.15. The van der Waals surface area contributed by atoms with Crippen molar-refractivity contribution in [2.45, 2.75) is 57.2 Å². The van der Waals surface area contributed by atoms with Crippen molar-refractivity contribution in [3.63, 3.8) is 0 Å². The lowest BCUT2D eigenvalue weighted by Gasteiger charge is -2.26. The van der Waals surface area contributed by atoms with Crippen LogP contribution in [0.2, 0.25) is 0 Å². The number of carbonyl (C=O) groups is 3. The van der Waals surface area contributed by atoms with Crippen molar-refractivity contribution in [3.8, 4) is 0 Å². The van der Waals surface area contributed by atoms with Gasteiger partial charge in [-0.05, 0) is 55.5 Å². The Kier molecular flexibility index (Phi) is 5.22. The highest BCUT2D eigenvalue weighted by molar-refractivity contribution is 6.11. The molecule has 2 aromatic rings. The predicted molar refractivity (Wildman–Crippen MR) is 118 cm³/mol. The first-order valence-corrected chi connectivity index (χ1v) is 11.2. The van der Waals surface area contributed by atoms with Gasteiger partial charge in [-0.25, -0.2) is 0 Å². The first kappa shape index (κ1) is 19.8. The molecular formula is C25H27N3O3. The van der Waals surface area contributed by atoms with Crippen LogP contribution in [0.15, 0.2) is 48.5 Å². The smallest absolute Gasteiger partial charge is 0.256 e. The van der Waals surface area contributed by atoms with Crippen LogP contribution < -0.4 is 10.2 Å². The van der Waals surface area contributed by atoms with Crippen LogP contribution in [-0.4, -0.2) is 41.2 Å². The van der Waals surface area contributed by atoms with Gasteiger partial charge >= 0.3 is 0 Å². The molecule has 2 fully saturated rings. The zero-order valence-electron chi connectivity index (χ0n) is 17.5. The van der Waals surface area contributed by atoms with Crippen LogP contribution in [0.4, 0.5) is 5.69 Å². The quantitative estimate of drug-likeness (QED) is 0.828. The Balaban J connectivity index is 1.43. The van der Waals surface area contributed by atoms with E-state index in [0.717, 1.165) is 24.8 Å². The summed E-state index contributed by atoms with van der Waals surface area (Å²) in [7, 11) is 0. The van der Waals surface area contributed by atoms with Gasteiger partial charge in [0.25, 0.3) is 11.8 Å². The molecule has 31 heavy (non-hydrogen) atoms. The molecule has 0 aromatic heterocycles. The second-order valence-corrected chi connectivity index (χ2v) is 8.75. The molecule has 160 valence electrons. The van der Waals surface area contributed by atoms with E-state index in [2.05, 4.69) is 5.32 Å². The number of amides is 3. The number of hydrogen-bond acceptors (Lipinski definition) is 3. The summed E-state index contributed by atoms with van der Waals surface area (Å²) in [5.41, 5.74) is 2.70. The third kappa shape index (κ3) is 3.71. The van der Waals surface area contributed by atoms with Gasteiger partial charge in [0, 0.05) is 18.2 Å². The minimum absolute atomic E-state index is 0.0448. The molecule has 3 amide bonds. The maximum atomic E-state index is 13.4. The molecule has 0 radical (unpaired) electrons. The molecule has 1 atom stereocenters. The fourth-order valence-electron chi connectivity index (χ4n) is 5.11. The molecule has 2 aliphatic heterocycles. The van der Waals surface area contributed by atoms with E-state index in [4.69, 9.17) is 0 Å². The van der Waals surface area contributed by atoms with E-state index in [0.29, 0.717) is 36.3 Å². The SMILES string of the molecule is O=C(NC1CCCC1)c1cccc(CN2C(=O)C3CCCN3C(=O)c3ccccc32)c1. The third-order valence-electron chi connectivity index (χ3n) is 6.71. The Morgan fingerprint density at radius 1 is 0.968 bits per heavy atom. The number of nitrogens with one attached hydrogen (secondary N) is 1. The van der Waals surface area contributed by atoms with Crippen molar-refractivity contribution in [1.82, 2.24) is 10.2 Å². The Bertz CT molecular complexity index is 1030. The van der Waals surface area contributed by atoms with E-state index in [-0.39, 0.29) is 23.8 Å². The van der Waals surface area contributed by atoms with E-state index in [1.54, 1.807) is 15.9 Å². The molecule has 1 N–H and O–H groups in total. The van der Waals surface area contributed by atoms with E-state index in [9.17, 15) is 14.4 Å². The minimum Gasteiger partial charge on any atom is -0.349 e. The summed E-state index contributed by atoms with van der Waals surface area (Å²) in [4.78, 5) is 42.7. The van der Waals surface area contributed by atoms with Crippen molar-refractivity contribution in [1.29, 1.82) is 0 Å². The van der Waals surface area contributed by atoms with Crippen LogP contribution in [0.25, 0.3) is 0 Å². The zero-order valence-corrected chi connectivity index (χ0v) is 17.5. The molecule has 3 aliphatic rings. The Morgan fingerprint density at radius 2 is 1.77 bits per heavy atom. The number of carbonyl (C=O) groups excluding carboxylic acids is 3. The number of nitrogens with zero attached hydrogens (tertiary/aromatic N) is 2. The van der Waals surface area contributed by atoms with Crippen LogP contribution in [0.3, 0.4) is 0 Å². The molecule has 1 aliphatic carbocycles. The van der Waals surface area contributed by atoms with E-state index in [1.807, 2.05) is 42.5 Å². The number of hydrogen-bond donors (Lipinski definition) is 1. The van der Waals surface area contributed by atoms with Gasteiger partial charge in [-0.3, -0.25) is 14.4 Å². The third-order valence-corrected chi connectivity index (χ3v) is 6.71. The average Bonchev–Trinajstić information content (AvgIpc) is 3.47. The van der Waals surface area contributed by atoms with Crippen molar-refractivity contribution >= 4 is 23.4 Å². The highest BCUT2D eigenvalue weighted by Crippen LogP contribution is 2.33. The van der Waals surface area contributed by atoms with Gasteiger partial charge in [0.2, 0.25) is 5.91 Å². The van der Waals surface area contributed by atoms with Gasteiger partial charge in [0.15, 0.2) is 0 Å². The van der Waals surface area contributed by atoms with Crippen molar-refractivity contribution in [2.24, 2.45) is 0 Å². The van der Waals surface area contributed by atoms with Gasteiger partial charge in [-0.15, -0.1) is 0 Å². The summed E-state index contributed by atoms with van der Waals surface area (Å²) < 4.78 is 0.